The van der Waals surface area contributed by atoms with Gasteiger partial charge in [-0.2, -0.15) is 5.10 Å². The number of likely N-dealkylation sites (tertiary alicyclic amines) is 1. The monoisotopic (exact) mass is 463 g/mol. The molecule has 1 N–H and O–H groups in total. The van der Waals surface area contributed by atoms with E-state index in [0.29, 0.717) is 25.3 Å². The molecular weight excluding hydrogens is 433 g/mol. The number of aromatic amines is 1. The number of anilines is 1. The molecule has 2 fully saturated rings. The summed E-state index contributed by atoms with van der Waals surface area (Å²) < 4.78 is 20.1. The summed E-state index contributed by atoms with van der Waals surface area (Å²) in [6.45, 7) is 6.64. The van der Waals surface area contributed by atoms with Crippen molar-refractivity contribution < 1.29 is 13.9 Å². The molecule has 8 heteroatoms. The van der Waals surface area contributed by atoms with Gasteiger partial charge in [0, 0.05) is 61.3 Å². The van der Waals surface area contributed by atoms with Crippen LogP contribution in [-0.4, -0.2) is 64.4 Å². The highest BCUT2D eigenvalue weighted by atomic mass is 19.1. The zero-order valence-corrected chi connectivity index (χ0v) is 19.7. The standard InChI is InChI=1S/C26H30FN5O2/c1-18(2)31-17-26(32(25(31)33)21-8-6-7-19(27)13-21)16-30(14-20-11-12-28-29-20)15-23(26)22-9-4-5-10-24(22)34-3/h4-13,18,23H,14-17H2,1-3H3,(H,28,29)/t23-,26-/m1/s1. The second kappa shape index (κ2) is 8.76. The van der Waals surface area contributed by atoms with E-state index in [-0.39, 0.29) is 23.8 Å². The van der Waals surface area contributed by atoms with Gasteiger partial charge in [0.1, 0.15) is 11.6 Å². The molecule has 178 valence electrons. The normalized spacial score (nSPS) is 23.0. The van der Waals surface area contributed by atoms with E-state index in [1.165, 1.54) is 12.1 Å². The number of hydrogen-bond donors (Lipinski definition) is 1. The molecule has 2 atom stereocenters. The van der Waals surface area contributed by atoms with Crippen molar-refractivity contribution >= 4 is 11.7 Å². The maximum absolute atomic E-state index is 14.4. The highest BCUT2D eigenvalue weighted by Crippen LogP contribution is 2.49. The molecule has 2 aliphatic rings. The fourth-order valence-corrected chi connectivity index (χ4v) is 5.59. The number of rotatable bonds is 6. The highest BCUT2D eigenvalue weighted by Gasteiger charge is 2.60. The van der Waals surface area contributed by atoms with Gasteiger partial charge < -0.3 is 9.64 Å². The third-order valence-corrected chi connectivity index (χ3v) is 7.07. The maximum atomic E-state index is 14.4. The Labute approximate surface area is 199 Å². The van der Waals surface area contributed by atoms with Crippen molar-refractivity contribution in [3.05, 3.63) is 77.9 Å². The van der Waals surface area contributed by atoms with Gasteiger partial charge in [0.15, 0.2) is 0 Å². The number of H-pyrrole nitrogens is 1. The molecule has 5 rings (SSSR count). The fraction of sp³-hybridized carbons (Fsp3) is 0.385. The number of aromatic nitrogens is 2. The van der Waals surface area contributed by atoms with Crippen LogP contribution in [-0.2, 0) is 6.54 Å². The molecule has 2 aromatic carbocycles. The minimum absolute atomic E-state index is 0.0166. The Hall–Kier alpha value is -3.39. The molecule has 0 aliphatic carbocycles. The minimum atomic E-state index is -0.593. The summed E-state index contributed by atoms with van der Waals surface area (Å²) in [4.78, 5) is 19.9. The smallest absolute Gasteiger partial charge is 0.325 e. The zero-order chi connectivity index (χ0) is 23.9. The molecule has 0 bridgehead atoms. The maximum Gasteiger partial charge on any atom is 0.325 e. The van der Waals surface area contributed by atoms with Crippen molar-refractivity contribution in [1.82, 2.24) is 20.0 Å². The van der Waals surface area contributed by atoms with Crippen molar-refractivity contribution in [2.45, 2.75) is 37.9 Å². The van der Waals surface area contributed by atoms with Gasteiger partial charge in [-0.3, -0.25) is 14.9 Å². The van der Waals surface area contributed by atoms with Gasteiger partial charge >= 0.3 is 6.03 Å². The second-order valence-electron chi connectivity index (χ2n) is 9.47. The minimum Gasteiger partial charge on any atom is -0.496 e. The number of nitrogens with zero attached hydrogens (tertiary/aromatic N) is 4. The molecule has 7 nitrogen and oxygen atoms in total. The van der Waals surface area contributed by atoms with Crippen LogP contribution in [0.15, 0.2) is 60.8 Å². The molecule has 1 spiro atoms. The Kier molecular flexibility index (Phi) is 5.77. The van der Waals surface area contributed by atoms with Gasteiger partial charge in [-0.05, 0) is 44.2 Å². The summed E-state index contributed by atoms with van der Waals surface area (Å²) in [5, 5.41) is 7.14. The summed E-state index contributed by atoms with van der Waals surface area (Å²) in [7, 11) is 1.67. The first kappa shape index (κ1) is 22.4. The summed E-state index contributed by atoms with van der Waals surface area (Å²) >= 11 is 0. The predicted octanol–water partition coefficient (Wildman–Crippen LogP) is 4.25. The van der Waals surface area contributed by atoms with Crippen molar-refractivity contribution in [2.24, 2.45) is 0 Å². The number of carbonyl (C=O) groups excluding carboxylic acids is 1. The number of benzene rings is 2. The van der Waals surface area contributed by atoms with Crippen LogP contribution in [0.3, 0.4) is 0 Å². The lowest BCUT2D eigenvalue weighted by Crippen LogP contribution is -2.53. The van der Waals surface area contributed by atoms with Crippen molar-refractivity contribution in [2.75, 3.05) is 31.6 Å². The van der Waals surface area contributed by atoms with Crippen LogP contribution in [0.2, 0.25) is 0 Å². The third kappa shape index (κ3) is 3.72. The van der Waals surface area contributed by atoms with Gasteiger partial charge in [0.25, 0.3) is 0 Å². The van der Waals surface area contributed by atoms with Gasteiger partial charge in [-0.1, -0.05) is 24.3 Å². The van der Waals surface area contributed by atoms with Gasteiger partial charge in [-0.15, -0.1) is 0 Å². The first-order chi connectivity index (χ1) is 16.4. The Balaban J connectivity index is 1.65. The van der Waals surface area contributed by atoms with Crippen molar-refractivity contribution in [3.8, 4) is 5.75 Å². The quantitative estimate of drug-likeness (QED) is 0.594. The Bertz CT molecular complexity index is 1170. The number of methoxy groups -OCH3 is 1. The summed E-state index contributed by atoms with van der Waals surface area (Å²) in [5.74, 6) is 0.400. The molecule has 3 heterocycles. The van der Waals surface area contributed by atoms with E-state index >= 15 is 0 Å². The number of carbonyl (C=O) groups is 1. The van der Waals surface area contributed by atoms with E-state index in [4.69, 9.17) is 4.74 Å². The van der Waals surface area contributed by atoms with E-state index in [1.54, 1.807) is 19.4 Å². The number of halogens is 1. The van der Waals surface area contributed by atoms with Crippen LogP contribution in [0.25, 0.3) is 0 Å². The molecule has 0 saturated carbocycles. The summed E-state index contributed by atoms with van der Waals surface area (Å²) in [6, 6.07) is 16.3. The number of amides is 2. The van der Waals surface area contributed by atoms with Crippen LogP contribution in [0, 0.1) is 5.82 Å². The van der Waals surface area contributed by atoms with Crippen molar-refractivity contribution in [1.29, 1.82) is 0 Å². The topological polar surface area (TPSA) is 64.7 Å². The van der Waals surface area contributed by atoms with E-state index < -0.39 is 5.54 Å². The molecule has 2 aliphatic heterocycles. The van der Waals surface area contributed by atoms with Gasteiger partial charge in [0.2, 0.25) is 0 Å². The fourth-order valence-electron chi connectivity index (χ4n) is 5.59. The van der Waals surface area contributed by atoms with Crippen LogP contribution in [0.1, 0.15) is 31.0 Å². The predicted molar refractivity (Wildman–Crippen MR) is 128 cm³/mol. The lowest BCUT2D eigenvalue weighted by Gasteiger charge is -2.38. The number of ether oxygens (including phenoxy) is 1. The number of urea groups is 1. The van der Waals surface area contributed by atoms with Crippen LogP contribution >= 0.6 is 0 Å². The summed E-state index contributed by atoms with van der Waals surface area (Å²) in [6.07, 6.45) is 1.75. The molecule has 1 aromatic heterocycles. The number of hydrogen-bond acceptors (Lipinski definition) is 4. The van der Waals surface area contributed by atoms with Gasteiger partial charge in [0.05, 0.1) is 12.6 Å². The number of nitrogens with one attached hydrogen (secondary N) is 1. The SMILES string of the molecule is COc1ccccc1[C@H]1CN(Cc2ccn[nH]2)C[C@@]12CN(C(C)C)C(=O)N2c1cccc(F)c1. The molecule has 2 amide bonds. The van der Waals surface area contributed by atoms with E-state index in [0.717, 1.165) is 23.6 Å². The number of para-hydroxylation sites is 1. The summed E-state index contributed by atoms with van der Waals surface area (Å²) in [5.41, 5.74) is 2.05. The molecular formula is C26H30FN5O2. The largest absolute Gasteiger partial charge is 0.496 e. The van der Waals surface area contributed by atoms with Crippen LogP contribution in [0.4, 0.5) is 14.9 Å². The average molecular weight is 464 g/mol. The molecule has 34 heavy (non-hydrogen) atoms. The van der Waals surface area contributed by atoms with E-state index in [9.17, 15) is 9.18 Å². The molecule has 2 saturated heterocycles. The Morgan fingerprint density at radius 3 is 2.71 bits per heavy atom. The Morgan fingerprint density at radius 1 is 1.18 bits per heavy atom. The molecule has 0 radical (unpaired) electrons. The van der Waals surface area contributed by atoms with E-state index in [2.05, 4.69) is 21.2 Å². The van der Waals surface area contributed by atoms with E-state index in [1.807, 2.05) is 54.0 Å². The lowest BCUT2D eigenvalue weighted by molar-refractivity contribution is 0.205. The third-order valence-electron chi connectivity index (χ3n) is 7.07. The average Bonchev–Trinajstić information content (AvgIpc) is 3.52. The van der Waals surface area contributed by atoms with Crippen LogP contribution in [0.5, 0.6) is 5.75 Å². The Morgan fingerprint density at radius 2 is 2.00 bits per heavy atom. The second-order valence-corrected chi connectivity index (χ2v) is 9.47. The van der Waals surface area contributed by atoms with Gasteiger partial charge in [-0.25, -0.2) is 9.18 Å². The van der Waals surface area contributed by atoms with Crippen molar-refractivity contribution in [3.63, 3.8) is 0 Å². The molecule has 3 aromatic rings. The lowest BCUT2D eigenvalue weighted by atomic mass is 9.80. The molecule has 0 unspecified atom stereocenters. The first-order valence-electron chi connectivity index (χ1n) is 11.6. The first-order valence-corrected chi connectivity index (χ1v) is 11.6. The van der Waals surface area contributed by atoms with Crippen LogP contribution < -0.4 is 9.64 Å². The zero-order valence-electron chi connectivity index (χ0n) is 19.7. The highest BCUT2D eigenvalue weighted by molar-refractivity contribution is 5.97.